The molecule has 2 fully saturated rings. The van der Waals surface area contributed by atoms with Crippen LogP contribution in [0.15, 0.2) is 231 Å². The second-order valence-corrected chi connectivity index (χ2v) is 22.9. The zero-order valence-corrected chi connectivity index (χ0v) is 41.9. The molecule has 0 amide bonds. The Hall–Kier alpha value is -7.94. The van der Waals surface area contributed by atoms with Gasteiger partial charge in [0.25, 0.3) is 0 Å². The topological polar surface area (TPSA) is 8.17 Å². The van der Waals surface area contributed by atoms with Gasteiger partial charge < -0.3 is 9.47 Å². The molecule has 2 saturated carbocycles. The normalized spacial score (nSPS) is 20.7. The highest BCUT2D eigenvalue weighted by atomic mass is 15.1. The summed E-state index contributed by atoms with van der Waals surface area (Å²) in [5.41, 5.74) is 20.8. The lowest BCUT2D eigenvalue weighted by atomic mass is 9.40. The molecule has 4 aliphatic rings. The summed E-state index contributed by atoms with van der Waals surface area (Å²) in [7, 11) is 0. The van der Waals surface area contributed by atoms with Crippen LogP contribution in [0.1, 0.15) is 79.8 Å². The van der Waals surface area contributed by atoms with Crippen molar-refractivity contribution in [3.8, 4) is 27.9 Å². The van der Waals surface area contributed by atoms with Crippen LogP contribution in [-0.4, -0.2) is 4.57 Å². The quantitative estimate of drug-likeness (QED) is 0.167. The highest BCUT2D eigenvalue weighted by Gasteiger charge is 2.63. The van der Waals surface area contributed by atoms with E-state index in [-0.39, 0.29) is 5.41 Å². The lowest BCUT2D eigenvalue weighted by Crippen LogP contribution is -2.58. The number of benzene rings is 10. The maximum absolute atomic E-state index is 2.65. The van der Waals surface area contributed by atoms with Gasteiger partial charge in [-0.3, -0.25) is 0 Å². The van der Waals surface area contributed by atoms with Crippen LogP contribution in [0.3, 0.4) is 0 Å². The van der Waals surface area contributed by atoms with E-state index < -0.39 is 5.41 Å². The van der Waals surface area contributed by atoms with Crippen LogP contribution in [0.4, 0.5) is 17.1 Å². The van der Waals surface area contributed by atoms with Gasteiger partial charge in [0, 0.05) is 38.9 Å². The highest BCUT2D eigenvalue weighted by molar-refractivity contribution is 6.09. The standard InChI is InChI=1S/C71H58N2/c1-46-40-51-44-69(2,3)45-52(41-46)70(51)63-24-12-13-25-64(63)71(61-22-10-6-18-57(61)58-19-7-11-23-62(58)71)66-43-56(38-39-65(66)70)72(55-37-32-47-16-4-5-17-50(47)42-55)53-33-28-48(29-34-53)49-30-35-54(36-31-49)73-67-26-14-8-20-59(67)60-21-9-15-27-68(60)73/h4-39,42-43,46,51-52H,40-41,44-45H2,1-3H3/t46?,51-,52+,70?. The summed E-state index contributed by atoms with van der Waals surface area (Å²) in [4.78, 5) is 2.53. The summed E-state index contributed by atoms with van der Waals surface area (Å²) in [5.74, 6) is 1.79. The molecule has 1 aromatic heterocycles. The third kappa shape index (κ3) is 6.04. The Labute approximate surface area is 429 Å². The minimum atomic E-state index is -0.489. The minimum absolute atomic E-state index is 0.0866. The number of fused-ring (bicyclic) bond motifs is 13. The van der Waals surface area contributed by atoms with Crippen LogP contribution in [0.2, 0.25) is 0 Å². The van der Waals surface area contributed by atoms with Crippen molar-refractivity contribution in [2.45, 2.75) is 57.3 Å². The van der Waals surface area contributed by atoms with Crippen molar-refractivity contribution in [1.82, 2.24) is 4.57 Å². The fraction of sp³-hybridized carbons (Fsp3) is 0.183. The minimum Gasteiger partial charge on any atom is -0.310 e. The van der Waals surface area contributed by atoms with E-state index >= 15 is 0 Å². The predicted octanol–water partition coefficient (Wildman–Crippen LogP) is 18.5. The molecule has 0 aliphatic heterocycles. The smallest absolute Gasteiger partial charge is 0.0720 e. The Bertz CT molecular complexity index is 3880. The van der Waals surface area contributed by atoms with Gasteiger partial charge in [-0.25, -0.2) is 0 Å². The molecule has 11 aromatic rings. The molecule has 0 saturated heterocycles. The molecule has 10 aromatic carbocycles. The SMILES string of the molecule is CC1C[C@@H]2CC(C)(C)C[C@H](C1)C21c2ccccc2C2(c3ccccc3-c3ccccc32)c2cc(N(c3ccc(-c4ccc(-n5c6ccccc6c6ccccc65)cc4)cc3)c3ccc4ccccc4c3)ccc21. The summed E-state index contributed by atoms with van der Waals surface area (Å²) in [6, 6.07) is 87.9. The summed E-state index contributed by atoms with van der Waals surface area (Å²) >= 11 is 0. The number of nitrogens with zero attached hydrogens (tertiary/aromatic N) is 2. The lowest BCUT2D eigenvalue weighted by Gasteiger charge is -2.63. The second-order valence-electron chi connectivity index (χ2n) is 22.9. The van der Waals surface area contributed by atoms with Crippen molar-refractivity contribution < 1.29 is 0 Å². The van der Waals surface area contributed by atoms with Crippen LogP contribution in [0.5, 0.6) is 0 Å². The van der Waals surface area contributed by atoms with Crippen molar-refractivity contribution in [2.75, 3.05) is 4.90 Å². The number of hydrogen-bond acceptors (Lipinski definition) is 1. The monoisotopic (exact) mass is 938 g/mol. The first-order valence-corrected chi connectivity index (χ1v) is 26.7. The lowest BCUT2D eigenvalue weighted by molar-refractivity contribution is -0.0137. The van der Waals surface area contributed by atoms with Crippen LogP contribution in [-0.2, 0) is 10.8 Å². The van der Waals surface area contributed by atoms with Gasteiger partial charge in [-0.15, -0.1) is 0 Å². The van der Waals surface area contributed by atoms with Gasteiger partial charge in [0.05, 0.1) is 16.4 Å². The Balaban J connectivity index is 0.927. The third-order valence-corrected chi connectivity index (χ3v) is 18.3. The van der Waals surface area contributed by atoms with E-state index in [4.69, 9.17) is 0 Å². The second kappa shape index (κ2) is 15.8. The van der Waals surface area contributed by atoms with Crippen LogP contribution in [0, 0.1) is 23.2 Å². The van der Waals surface area contributed by atoms with Gasteiger partial charge in [0.1, 0.15) is 0 Å². The first kappa shape index (κ1) is 42.7. The molecule has 2 spiro atoms. The van der Waals surface area contributed by atoms with Crippen molar-refractivity contribution in [1.29, 1.82) is 0 Å². The van der Waals surface area contributed by atoms with Crippen LogP contribution < -0.4 is 4.90 Å². The number of rotatable bonds is 5. The Morgan fingerprint density at radius 3 is 1.53 bits per heavy atom. The van der Waals surface area contributed by atoms with Gasteiger partial charge in [0.2, 0.25) is 0 Å². The number of aromatic nitrogens is 1. The van der Waals surface area contributed by atoms with Crippen LogP contribution >= 0.6 is 0 Å². The molecular formula is C71H58N2. The molecule has 2 heteroatoms. The molecule has 2 unspecified atom stereocenters. The van der Waals surface area contributed by atoms with Crippen molar-refractivity contribution >= 4 is 49.6 Å². The Morgan fingerprint density at radius 2 is 0.890 bits per heavy atom. The molecule has 15 rings (SSSR count). The summed E-state index contributed by atoms with van der Waals surface area (Å²) in [5, 5.41) is 5.03. The maximum Gasteiger partial charge on any atom is 0.0720 e. The van der Waals surface area contributed by atoms with Gasteiger partial charge in [-0.2, -0.15) is 0 Å². The maximum atomic E-state index is 2.65. The first-order valence-electron chi connectivity index (χ1n) is 26.7. The first-order chi connectivity index (χ1) is 35.8. The van der Waals surface area contributed by atoms with Crippen molar-refractivity contribution in [3.05, 3.63) is 264 Å². The fourth-order valence-electron chi connectivity index (χ4n) is 15.7. The molecule has 0 N–H and O–H groups in total. The van der Waals surface area contributed by atoms with E-state index in [2.05, 4.69) is 261 Å². The number of anilines is 3. The largest absolute Gasteiger partial charge is 0.310 e. The molecule has 2 bridgehead atoms. The summed E-state index contributed by atoms with van der Waals surface area (Å²) in [6.07, 6.45) is 4.99. The predicted molar refractivity (Wildman–Crippen MR) is 305 cm³/mol. The Kier molecular flexibility index (Phi) is 9.23. The third-order valence-electron chi connectivity index (χ3n) is 18.3. The average Bonchev–Trinajstić information content (AvgIpc) is 3.92. The molecule has 73 heavy (non-hydrogen) atoms. The number of para-hydroxylation sites is 2. The molecule has 352 valence electrons. The van der Waals surface area contributed by atoms with Gasteiger partial charge in [-0.05, 0) is 176 Å². The number of hydrogen-bond donors (Lipinski definition) is 0. The molecule has 1 heterocycles. The van der Waals surface area contributed by atoms with E-state index in [9.17, 15) is 0 Å². The highest BCUT2D eigenvalue weighted by Crippen LogP contribution is 2.70. The van der Waals surface area contributed by atoms with E-state index in [0.29, 0.717) is 23.2 Å². The van der Waals surface area contributed by atoms with E-state index in [1.807, 2.05) is 0 Å². The fourth-order valence-corrected chi connectivity index (χ4v) is 15.7. The van der Waals surface area contributed by atoms with Crippen molar-refractivity contribution in [2.24, 2.45) is 23.2 Å². The van der Waals surface area contributed by atoms with Crippen molar-refractivity contribution in [3.63, 3.8) is 0 Å². The zero-order valence-electron chi connectivity index (χ0n) is 41.9. The molecule has 4 aliphatic carbocycles. The van der Waals surface area contributed by atoms with E-state index in [1.165, 1.54) is 108 Å². The molecule has 4 atom stereocenters. The van der Waals surface area contributed by atoms with Gasteiger partial charge >= 0.3 is 0 Å². The van der Waals surface area contributed by atoms with E-state index in [1.54, 1.807) is 11.1 Å². The average molecular weight is 939 g/mol. The van der Waals surface area contributed by atoms with Crippen LogP contribution in [0.25, 0.3) is 60.5 Å². The van der Waals surface area contributed by atoms with Gasteiger partial charge in [0.15, 0.2) is 0 Å². The summed E-state index contributed by atoms with van der Waals surface area (Å²) < 4.78 is 2.40. The van der Waals surface area contributed by atoms with E-state index in [0.717, 1.165) is 17.1 Å². The van der Waals surface area contributed by atoms with Gasteiger partial charge in [-0.1, -0.05) is 191 Å². The molecule has 2 nitrogen and oxygen atoms in total. The molecular weight excluding hydrogens is 881 g/mol. The Morgan fingerprint density at radius 1 is 0.411 bits per heavy atom. The molecule has 0 radical (unpaired) electrons. The summed E-state index contributed by atoms with van der Waals surface area (Å²) in [6.45, 7) is 7.63. The zero-order chi connectivity index (χ0) is 48.6.